The first-order chi connectivity index (χ1) is 10.3. The second-order valence-corrected chi connectivity index (χ2v) is 7.68. The molecule has 0 N–H and O–H groups in total. The lowest BCUT2D eigenvalue weighted by Gasteiger charge is -2.30. The van der Waals surface area contributed by atoms with Gasteiger partial charge in [0.05, 0.1) is 6.61 Å². The summed E-state index contributed by atoms with van der Waals surface area (Å²) < 4.78 is 16.0. The average molecular weight is 308 g/mol. The van der Waals surface area contributed by atoms with Gasteiger partial charge < -0.3 is 14.2 Å². The number of esters is 1. The van der Waals surface area contributed by atoms with E-state index in [1.165, 1.54) is 0 Å². The Morgan fingerprint density at radius 1 is 1.41 bits per heavy atom. The molecule has 0 aliphatic heterocycles. The first-order valence-corrected chi connectivity index (χ1v) is 7.79. The minimum absolute atomic E-state index is 0.0158. The summed E-state index contributed by atoms with van der Waals surface area (Å²) in [7, 11) is 1.57. The molecule has 0 aromatic heterocycles. The first kappa shape index (κ1) is 15.7. The van der Waals surface area contributed by atoms with Gasteiger partial charge in [0.25, 0.3) is 0 Å². The third-order valence-corrected chi connectivity index (χ3v) is 5.09. The highest BCUT2D eigenvalue weighted by Crippen LogP contribution is 2.76. The third kappa shape index (κ3) is 2.06. The fraction of sp³-hybridized carbons (Fsp3) is 0.765. The van der Waals surface area contributed by atoms with E-state index in [0.717, 1.165) is 6.42 Å². The Labute approximate surface area is 131 Å². The van der Waals surface area contributed by atoms with Gasteiger partial charge in [0.2, 0.25) is 0 Å². The minimum atomic E-state index is -0.937. The molecule has 0 aromatic carbocycles. The summed E-state index contributed by atoms with van der Waals surface area (Å²) in [6.07, 6.45) is 5.27. The maximum atomic E-state index is 12.7. The van der Waals surface area contributed by atoms with Gasteiger partial charge in [-0.25, -0.2) is 0 Å². The molecule has 4 atom stereocenters. The Morgan fingerprint density at radius 3 is 2.77 bits per heavy atom. The number of methoxy groups -OCH3 is 1. The SMILES string of the molecule is COCOC[C@@]12C=CC[C@H]3[C@@H]1[C@@]3(C(=O)OC(C)(C)C)C(=O)C2. The van der Waals surface area contributed by atoms with E-state index in [2.05, 4.69) is 12.2 Å². The number of carbonyl (C=O) groups is 2. The molecule has 5 nitrogen and oxygen atoms in total. The van der Waals surface area contributed by atoms with Gasteiger partial charge in [-0.1, -0.05) is 12.2 Å². The molecule has 2 saturated carbocycles. The van der Waals surface area contributed by atoms with Crippen molar-refractivity contribution in [1.29, 1.82) is 0 Å². The van der Waals surface area contributed by atoms with Crippen molar-refractivity contribution in [3.63, 3.8) is 0 Å². The molecular formula is C17H24O5. The van der Waals surface area contributed by atoms with Crippen molar-refractivity contribution in [3.8, 4) is 0 Å². The fourth-order valence-electron chi connectivity index (χ4n) is 4.44. The Kier molecular flexibility index (Phi) is 3.49. The van der Waals surface area contributed by atoms with E-state index in [9.17, 15) is 9.59 Å². The first-order valence-electron chi connectivity index (χ1n) is 7.79. The number of ketones is 1. The molecule has 0 saturated heterocycles. The highest BCUT2D eigenvalue weighted by molar-refractivity contribution is 6.11. The van der Waals surface area contributed by atoms with Gasteiger partial charge in [-0.3, -0.25) is 9.59 Å². The molecule has 0 aromatic rings. The summed E-state index contributed by atoms with van der Waals surface area (Å²) >= 11 is 0. The van der Waals surface area contributed by atoms with Crippen LogP contribution in [0.3, 0.4) is 0 Å². The molecule has 22 heavy (non-hydrogen) atoms. The molecule has 0 heterocycles. The second kappa shape index (κ2) is 4.90. The van der Waals surface area contributed by atoms with Gasteiger partial charge in [-0.15, -0.1) is 0 Å². The van der Waals surface area contributed by atoms with Crippen molar-refractivity contribution in [2.24, 2.45) is 22.7 Å². The van der Waals surface area contributed by atoms with E-state index in [0.29, 0.717) is 13.0 Å². The van der Waals surface area contributed by atoms with E-state index in [-0.39, 0.29) is 35.8 Å². The van der Waals surface area contributed by atoms with Gasteiger partial charge in [0, 0.05) is 18.9 Å². The lowest BCUT2D eigenvalue weighted by atomic mass is 9.77. The lowest BCUT2D eigenvalue weighted by molar-refractivity contribution is -0.164. The Morgan fingerprint density at radius 2 is 2.14 bits per heavy atom. The number of fused-ring (bicyclic) bond motifs is 1. The molecule has 0 bridgehead atoms. The topological polar surface area (TPSA) is 61.8 Å². The third-order valence-electron chi connectivity index (χ3n) is 5.09. The average Bonchev–Trinajstić information content (AvgIpc) is 3.01. The van der Waals surface area contributed by atoms with Crippen LogP contribution in [0.4, 0.5) is 0 Å². The predicted octanol–water partition coefficient (Wildman–Crippen LogP) is 2.10. The largest absolute Gasteiger partial charge is 0.459 e. The monoisotopic (exact) mass is 308 g/mol. The van der Waals surface area contributed by atoms with Crippen molar-refractivity contribution in [2.75, 3.05) is 20.5 Å². The Hall–Kier alpha value is -1.20. The van der Waals surface area contributed by atoms with Gasteiger partial charge in [0.15, 0.2) is 5.78 Å². The van der Waals surface area contributed by atoms with Crippen molar-refractivity contribution < 1.29 is 23.8 Å². The van der Waals surface area contributed by atoms with Crippen LogP contribution < -0.4 is 0 Å². The zero-order valence-corrected chi connectivity index (χ0v) is 13.7. The van der Waals surface area contributed by atoms with Gasteiger partial charge in [-0.05, 0) is 39.0 Å². The van der Waals surface area contributed by atoms with Crippen LogP contribution in [-0.4, -0.2) is 37.9 Å². The maximum absolute atomic E-state index is 12.7. The fourth-order valence-corrected chi connectivity index (χ4v) is 4.44. The van der Waals surface area contributed by atoms with E-state index >= 15 is 0 Å². The number of rotatable bonds is 5. The van der Waals surface area contributed by atoms with Crippen LogP contribution in [0.1, 0.15) is 33.6 Å². The second-order valence-electron chi connectivity index (χ2n) is 7.68. The predicted molar refractivity (Wildman–Crippen MR) is 78.9 cm³/mol. The molecule has 0 spiro atoms. The van der Waals surface area contributed by atoms with Gasteiger partial charge in [0.1, 0.15) is 17.8 Å². The van der Waals surface area contributed by atoms with E-state index in [4.69, 9.17) is 14.2 Å². The summed E-state index contributed by atoms with van der Waals surface area (Å²) in [5.41, 5.74) is -1.88. The van der Waals surface area contributed by atoms with Crippen LogP contribution in [0.15, 0.2) is 12.2 Å². The highest BCUT2D eigenvalue weighted by atomic mass is 16.7. The molecule has 3 aliphatic carbocycles. The molecule has 5 heteroatoms. The van der Waals surface area contributed by atoms with E-state index in [1.54, 1.807) is 7.11 Å². The summed E-state index contributed by atoms with van der Waals surface area (Å²) in [5, 5.41) is 0. The molecule has 3 aliphatic rings. The van der Waals surface area contributed by atoms with Gasteiger partial charge >= 0.3 is 5.97 Å². The number of hydrogen-bond acceptors (Lipinski definition) is 5. The number of Topliss-reactive ketones (excluding diaryl/α,β-unsaturated/α-hetero) is 1. The van der Waals surface area contributed by atoms with E-state index < -0.39 is 11.0 Å². The molecule has 0 amide bonds. The number of hydrogen-bond donors (Lipinski definition) is 0. The Bertz CT molecular complexity index is 532. The van der Waals surface area contributed by atoms with Crippen molar-refractivity contribution in [1.82, 2.24) is 0 Å². The molecule has 0 unspecified atom stereocenters. The van der Waals surface area contributed by atoms with Crippen LogP contribution in [-0.2, 0) is 23.8 Å². The van der Waals surface area contributed by atoms with E-state index in [1.807, 2.05) is 20.8 Å². The lowest BCUT2D eigenvalue weighted by Crippen LogP contribution is -2.35. The summed E-state index contributed by atoms with van der Waals surface area (Å²) in [4.78, 5) is 25.4. The van der Waals surface area contributed by atoms with Crippen LogP contribution in [0.2, 0.25) is 0 Å². The molecule has 122 valence electrons. The highest BCUT2D eigenvalue weighted by Gasteiger charge is 2.84. The molecule has 0 radical (unpaired) electrons. The minimum Gasteiger partial charge on any atom is -0.459 e. The maximum Gasteiger partial charge on any atom is 0.320 e. The number of ether oxygens (including phenoxy) is 3. The summed E-state index contributed by atoms with van der Waals surface area (Å²) in [6.45, 7) is 6.11. The van der Waals surface area contributed by atoms with Crippen molar-refractivity contribution in [3.05, 3.63) is 12.2 Å². The standard InChI is InChI=1S/C17H24O5/c1-15(2,3)22-14(19)17-11-6-5-7-16(13(11)17,8-12(17)18)9-21-10-20-4/h5,7,11,13H,6,8-10H2,1-4H3/t11-,13-,16-,17-/m0/s1. The van der Waals surface area contributed by atoms with Crippen LogP contribution in [0, 0.1) is 22.7 Å². The van der Waals surface area contributed by atoms with Crippen molar-refractivity contribution in [2.45, 2.75) is 39.2 Å². The Balaban J connectivity index is 1.85. The number of allylic oxidation sites excluding steroid dienone is 1. The van der Waals surface area contributed by atoms with Gasteiger partial charge in [-0.2, -0.15) is 0 Å². The molecule has 3 rings (SSSR count). The van der Waals surface area contributed by atoms with Crippen LogP contribution in [0.5, 0.6) is 0 Å². The zero-order chi connectivity index (χ0) is 16.2. The smallest absolute Gasteiger partial charge is 0.320 e. The van der Waals surface area contributed by atoms with Crippen molar-refractivity contribution >= 4 is 11.8 Å². The number of carbonyl (C=O) groups excluding carboxylic acids is 2. The summed E-state index contributed by atoms with van der Waals surface area (Å²) in [6, 6.07) is 0. The quantitative estimate of drug-likeness (QED) is 0.256. The van der Waals surface area contributed by atoms with Crippen LogP contribution >= 0.6 is 0 Å². The van der Waals surface area contributed by atoms with Crippen LogP contribution in [0.25, 0.3) is 0 Å². The molecule has 2 fully saturated rings. The zero-order valence-electron chi connectivity index (χ0n) is 13.7. The summed E-state index contributed by atoms with van der Waals surface area (Å²) in [5.74, 6) is -0.247. The normalized spacial score (nSPS) is 38.8. The molecular weight excluding hydrogens is 284 g/mol.